The Bertz CT molecular complexity index is 147. The first-order valence-corrected chi connectivity index (χ1v) is 6.53. The molecular formula is C8H19NO3Si. The molecule has 0 spiro atoms. The minimum atomic E-state index is -1.39. The van der Waals surface area contributed by atoms with Gasteiger partial charge in [-0.05, 0) is 25.9 Å². The van der Waals surface area contributed by atoms with Gasteiger partial charge in [0.1, 0.15) is 0 Å². The maximum Gasteiger partial charge on any atom is 0.321 e. The van der Waals surface area contributed by atoms with Crippen molar-refractivity contribution in [1.29, 1.82) is 0 Å². The number of hydrogen-bond donors (Lipinski definition) is 1. The first-order valence-electron chi connectivity index (χ1n) is 4.78. The molecule has 2 N–H and O–H groups in total. The molecule has 0 bridgehead atoms. The third-order valence-electron chi connectivity index (χ3n) is 2.31. The van der Waals surface area contributed by atoms with Crippen LogP contribution in [-0.4, -0.2) is 41.8 Å². The Balaban J connectivity index is 2.19. The normalized spacial score (nSPS) is 30.7. The average molecular weight is 205 g/mol. The molecule has 5 heteroatoms. The number of methoxy groups -OCH3 is 1. The topological polar surface area (TPSA) is 53.7 Å². The standard InChI is InChI=1S/C8H19NO3Si/c1-7(10-2)8-6-11-13(12-8)5-3-4-9/h7-8,13H,3-6,9H2,1-2H3/t7-,8-,13?/m1/s1. The van der Waals surface area contributed by atoms with Crippen molar-refractivity contribution in [3.63, 3.8) is 0 Å². The van der Waals surface area contributed by atoms with Gasteiger partial charge in [-0.1, -0.05) is 0 Å². The molecule has 1 aliphatic rings. The van der Waals surface area contributed by atoms with Gasteiger partial charge in [-0.25, -0.2) is 0 Å². The zero-order valence-electron chi connectivity index (χ0n) is 8.36. The molecule has 78 valence electrons. The van der Waals surface area contributed by atoms with E-state index in [0.29, 0.717) is 6.61 Å². The molecule has 1 heterocycles. The van der Waals surface area contributed by atoms with Crippen LogP contribution in [-0.2, 0) is 13.6 Å². The van der Waals surface area contributed by atoms with E-state index in [0.717, 1.165) is 19.0 Å². The van der Waals surface area contributed by atoms with Crippen molar-refractivity contribution in [2.24, 2.45) is 5.73 Å². The fourth-order valence-corrected chi connectivity index (χ4v) is 3.35. The van der Waals surface area contributed by atoms with Gasteiger partial charge in [0.05, 0.1) is 18.8 Å². The van der Waals surface area contributed by atoms with Crippen molar-refractivity contribution in [1.82, 2.24) is 0 Å². The summed E-state index contributed by atoms with van der Waals surface area (Å²) in [7, 11) is 0.311. The molecule has 1 rings (SSSR count). The molecule has 0 amide bonds. The van der Waals surface area contributed by atoms with Gasteiger partial charge in [0.15, 0.2) is 0 Å². The van der Waals surface area contributed by atoms with E-state index in [4.69, 9.17) is 19.3 Å². The lowest BCUT2D eigenvalue weighted by atomic mass is 10.2. The smallest absolute Gasteiger partial charge is 0.321 e. The molecule has 0 aliphatic carbocycles. The predicted molar refractivity (Wildman–Crippen MR) is 52.9 cm³/mol. The van der Waals surface area contributed by atoms with E-state index in [1.165, 1.54) is 0 Å². The summed E-state index contributed by atoms with van der Waals surface area (Å²) in [5.74, 6) is 0. The van der Waals surface area contributed by atoms with Crippen molar-refractivity contribution in [2.75, 3.05) is 20.3 Å². The second kappa shape index (κ2) is 5.72. The van der Waals surface area contributed by atoms with Crippen molar-refractivity contribution >= 4 is 9.28 Å². The molecule has 0 aromatic rings. The Morgan fingerprint density at radius 3 is 3.08 bits per heavy atom. The predicted octanol–water partition coefficient (Wildman–Crippen LogP) is 0.00600. The lowest BCUT2D eigenvalue weighted by Gasteiger charge is -2.16. The fraction of sp³-hybridized carbons (Fsp3) is 1.00. The number of hydrogen-bond acceptors (Lipinski definition) is 4. The molecule has 13 heavy (non-hydrogen) atoms. The Kier molecular flexibility index (Phi) is 4.90. The second-order valence-corrected chi connectivity index (χ2v) is 5.35. The molecule has 3 atom stereocenters. The van der Waals surface area contributed by atoms with E-state index in [-0.39, 0.29) is 12.2 Å². The van der Waals surface area contributed by atoms with Crippen LogP contribution < -0.4 is 5.73 Å². The zero-order valence-corrected chi connectivity index (χ0v) is 9.52. The van der Waals surface area contributed by atoms with Gasteiger partial charge in [-0.2, -0.15) is 0 Å². The van der Waals surface area contributed by atoms with E-state index in [1.807, 2.05) is 6.92 Å². The highest BCUT2D eigenvalue weighted by Crippen LogP contribution is 2.16. The van der Waals surface area contributed by atoms with Crippen LogP contribution in [0, 0.1) is 0 Å². The van der Waals surface area contributed by atoms with Gasteiger partial charge in [0.2, 0.25) is 0 Å². The summed E-state index contributed by atoms with van der Waals surface area (Å²) in [6, 6.07) is 1.02. The maximum atomic E-state index is 5.75. The zero-order chi connectivity index (χ0) is 9.68. The summed E-state index contributed by atoms with van der Waals surface area (Å²) in [6.07, 6.45) is 1.28. The van der Waals surface area contributed by atoms with E-state index in [2.05, 4.69) is 0 Å². The second-order valence-electron chi connectivity index (χ2n) is 3.31. The van der Waals surface area contributed by atoms with Crippen molar-refractivity contribution < 1.29 is 13.6 Å². The van der Waals surface area contributed by atoms with Crippen LogP contribution in [0.25, 0.3) is 0 Å². The summed E-state index contributed by atoms with van der Waals surface area (Å²) >= 11 is 0. The Hall–Kier alpha value is 0.0569. The molecule has 0 radical (unpaired) electrons. The SMILES string of the molecule is CO[C@H](C)[C@H]1CO[SiH](CCCN)O1. The highest BCUT2D eigenvalue weighted by atomic mass is 28.3. The van der Waals surface area contributed by atoms with Crippen molar-refractivity contribution in [3.8, 4) is 0 Å². The van der Waals surface area contributed by atoms with Crippen LogP contribution >= 0.6 is 0 Å². The Morgan fingerprint density at radius 1 is 1.69 bits per heavy atom. The highest BCUT2D eigenvalue weighted by Gasteiger charge is 2.31. The molecule has 0 aromatic heterocycles. The minimum absolute atomic E-state index is 0.135. The molecular weight excluding hydrogens is 186 g/mol. The van der Waals surface area contributed by atoms with Crippen LogP contribution in [0.2, 0.25) is 6.04 Å². The van der Waals surface area contributed by atoms with E-state index in [9.17, 15) is 0 Å². The first kappa shape index (κ1) is 11.1. The minimum Gasteiger partial charge on any atom is -0.394 e. The van der Waals surface area contributed by atoms with Gasteiger partial charge >= 0.3 is 9.28 Å². The summed E-state index contributed by atoms with van der Waals surface area (Å²) < 4.78 is 16.5. The van der Waals surface area contributed by atoms with E-state index < -0.39 is 9.28 Å². The van der Waals surface area contributed by atoms with E-state index in [1.54, 1.807) is 7.11 Å². The van der Waals surface area contributed by atoms with Crippen molar-refractivity contribution in [2.45, 2.75) is 31.6 Å². The lowest BCUT2D eigenvalue weighted by Crippen LogP contribution is -2.28. The van der Waals surface area contributed by atoms with E-state index >= 15 is 0 Å². The van der Waals surface area contributed by atoms with Gasteiger partial charge < -0.3 is 19.3 Å². The molecule has 4 nitrogen and oxygen atoms in total. The highest BCUT2D eigenvalue weighted by molar-refractivity contribution is 6.45. The third kappa shape index (κ3) is 3.36. The number of rotatable bonds is 5. The molecule has 1 unspecified atom stereocenters. The van der Waals surface area contributed by atoms with Crippen LogP contribution in [0.1, 0.15) is 13.3 Å². The van der Waals surface area contributed by atoms with Gasteiger partial charge in [0.25, 0.3) is 0 Å². The monoisotopic (exact) mass is 205 g/mol. The molecule has 0 aromatic carbocycles. The first-order chi connectivity index (χ1) is 6.27. The summed E-state index contributed by atoms with van der Waals surface area (Å²) in [4.78, 5) is 0. The van der Waals surface area contributed by atoms with Gasteiger partial charge in [-0.15, -0.1) is 0 Å². The molecule has 1 aliphatic heterocycles. The van der Waals surface area contributed by atoms with Crippen LogP contribution in [0.3, 0.4) is 0 Å². The van der Waals surface area contributed by atoms with Crippen LogP contribution in [0.15, 0.2) is 0 Å². The molecule has 1 fully saturated rings. The Labute approximate surface area is 81.2 Å². The van der Waals surface area contributed by atoms with Crippen molar-refractivity contribution in [3.05, 3.63) is 0 Å². The van der Waals surface area contributed by atoms with Crippen LogP contribution in [0.5, 0.6) is 0 Å². The lowest BCUT2D eigenvalue weighted by molar-refractivity contribution is 0.0231. The summed E-state index contributed by atoms with van der Waals surface area (Å²) in [6.45, 7) is 3.42. The maximum absolute atomic E-state index is 5.75. The quantitative estimate of drug-likeness (QED) is 0.642. The number of nitrogens with two attached hydrogens (primary N) is 1. The summed E-state index contributed by atoms with van der Waals surface area (Å²) in [5, 5.41) is 0. The van der Waals surface area contributed by atoms with Gasteiger partial charge in [0, 0.05) is 7.11 Å². The van der Waals surface area contributed by atoms with Crippen LogP contribution in [0.4, 0.5) is 0 Å². The molecule has 1 saturated heterocycles. The Morgan fingerprint density at radius 2 is 2.46 bits per heavy atom. The van der Waals surface area contributed by atoms with Gasteiger partial charge in [-0.3, -0.25) is 0 Å². The summed E-state index contributed by atoms with van der Waals surface area (Å²) in [5.41, 5.74) is 5.41. The fourth-order valence-electron chi connectivity index (χ4n) is 1.31. The molecule has 0 saturated carbocycles. The third-order valence-corrected chi connectivity index (χ3v) is 4.41. The number of ether oxygens (including phenoxy) is 1. The average Bonchev–Trinajstić information content (AvgIpc) is 2.62. The largest absolute Gasteiger partial charge is 0.394 e.